The third-order valence-corrected chi connectivity index (χ3v) is 3.10. The predicted molar refractivity (Wildman–Crippen MR) is 57.5 cm³/mol. The summed E-state index contributed by atoms with van der Waals surface area (Å²) in [6, 6.07) is 3.48. The molecule has 0 aliphatic heterocycles. The standard InChI is InChI=1S/C8H11BrN2OS/c1-5(10)8(12)11-4-6-2-3-7(9)13-6/h2-3,5H,4,10H2,1H3,(H,11,12). The Hall–Kier alpha value is -0.390. The van der Waals surface area contributed by atoms with E-state index in [1.807, 2.05) is 12.1 Å². The summed E-state index contributed by atoms with van der Waals surface area (Å²) in [7, 11) is 0. The fraction of sp³-hybridized carbons (Fsp3) is 0.375. The van der Waals surface area contributed by atoms with Crippen LogP contribution in [-0.4, -0.2) is 11.9 Å². The zero-order valence-electron chi connectivity index (χ0n) is 7.21. The maximum Gasteiger partial charge on any atom is 0.236 e. The number of hydrogen-bond donors (Lipinski definition) is 2. The van der Waals surface area contributed by atoms with E-state index in [1.54, 1.807) is 18.3 Å². The molecule has 1 atom stereocenters. The molecule has 0 saturated heterocycles. The van der Waals surface area contributed by atoms with Crippen molar-refractivity contribution in [3.63, 3.8) is 0 Å². The van der Waals surface area contributed by atoms with Gasteiger partial charge in [-0.1, -0.05) is 0 Å². The summed E-state index contributed by atoms with van der Waals surface area (Å²) in [5, 5.41) is 2.74. The van der Waals surface area contributed by atoms with E-state index in [4.69, 9.17) is 5.73 Å². The highest BCUT2D eigenvalue weighted by molar-refractivity contribution is 9.11. The van der Waals surface area contributed by atoms with Gasteiger partial charge in [-0.3, -0.25) is 4.79 Å². The lowest BCUT2D eigenvalue weighted by Gasteiger charge is -2.05. The highest BCUT2D eigenvalue weighted by Gasteiger charge is 2.06. The minimum atomic E-state index is -0.441. The van der Waals surface area contributed by atoms with Crippen LogP contribution in [0.1, 0.15) is 11.8 Å². The van der Waals surface area contributed by atoms with Gasteiger partial charge in [0, 0.05) is 4.88 Å². The van der Waals surface area contributed by atoms with Crippen molar-refractivity contribution in [2.45, 2.75) is 19.5 Å². The van der Waals surface area contributed by atoms with E-state index in [0.717, 1.165) is 8.66 Å². The number of thiophene rings is 1. The van der Waals surface area contributed by atoms with Crippen LogP contribution in [0, 0.1) is 0 Å². The highest BCUT2D eigenvalue weighted by Crippen LogP contribution is 2.21. The first-order valence-electron chi connectivity index (χ1n) is 3.87. The molecular weight excluding hydrogens is 252 g/mol. The molecule has 72 valence electrons. The van der Waals surface area contributed by atoms with Crippen LogP contribution in [0.2, 0.25) is 0 Å². The van der Waals surface area contributed by atoms with E-state index >= 15 is 0 Å². The van der Waals surface area contributed by atoms with Crippen LogP contribution in [0.3, 0.4) is 0 Å². The Balaban J connectivity index is 2.39. The summed E-state index contributed by atoms with van der Waals surface area (Å²) in [4.78, 5) is 12.2. The van der Waals surface area contributed by atoms with E-state index < -0.39 is 6.04 Å². The molecule has 0 fully saturated rings. The first-order valence-corrected chi connectivity index (χ1v) is 5.48. The van der Waals surface area contributed by atoms with E-state index in [-0.39, 0.29) is 5.91 Å². The van der Waals surface area contributed by atoms with Gasteiger partial charge in [-0.25, -0.2) is 0 Å². The Morgan fingerprint density at radius 2 is 2.46 bits per heavy atom. The number of amides is 1. The molecule has 0 aromatic carbocycles. The van der Waals surface area contributed by atoms with Gasteiger partial charge in [-0.05, 0) is 35.0 Å². The van der Waals surface area contributed by atoms with Crippen LogP contribution in [-0.2, 0) is 11.3 Å². The molecule has 0 aliphatic carbocycles. The number of hydrogen-bond acceptors (Lipinski definition) is 3. The van der Waals surface area contributed by atoms with Crippen LogP contribution in [0.4, 0.5) is 0 Å². The first-order chi connectivity index (χ1) is 6.09. The molecule has 5 heteroatoms. The van der Waals surface area contributed by atoms with E-state index in [1.165, 1.54) is 0 Å². The zero-order chi connectivity index (χ0) is 9.84. The summed E-state index contributed by atoms with van der Waals surface area (Å²) in [5.41, 5.74) is 5.39. The second-order valence-corrected chi connectivity index (χ2v) is 5.26. The van der Waals surface area contributed by atoms with Crippen LogP contribution in [0.25, 0.3) is 0 Å². The number of carbonyl (C=O) groups is 1. The second-order valence-electron chi connectivity index (χ2n) is 2.71. The summed E-state index contributed by atoms with van der Waals surface area (Å²) < 4.78 is 1.07. The smallest absolute Gasteiger partial charge is 0.236 e. The third kappa shape index (κ3) is 3.46. The topological polar surface area (TPSA) is 55.1 Å². The molecule has 1 amide bonds. The minimum absolute atomic E-state index is 0.121. The third-order valence-electron chi connectivity index (χ3n) is 1.48. The molecule has 3 N–H and O–H groups in total. The van der Waals surface area contributed by atoms with Gasteiger partial charge in [0.25, 0.3) is 0 Å². The minimum Gasteiger partial charge on any atom is -0.350 e. The molecule has 3 nitrogen and oxygen atoms in total. The van der Waals surface area contributed by atoms with Crippen LogP contribution in [0.15, 0.2) is 15.9 Å². The quantitative estimate of drug-likeness (QED) is 0.867. The Kier molecular flexibility index (Phi) is 3.90. The fourth-order valence-electron chi connectivity index (χ4n) is 0.782. The summed E-state index contributed by atoms with van der Waals surface area (Å²) in [6.45, 7) is 2.22. The average molecular weight is 263 g/mol. The predicted octanol–water partition coefficient (Wildman–Crippen LogP) is 1.47. The summed E-state index contributed by atoms with van der Waals surface area (Å²) in [6.07, 6.45) is 0. The normalized spacial score (nSPS) is 12.5. The van der Waals surface area contributed by atoms with Gasteiger partial charge in [-0.2, -0.15) is 0 Å². The van der Waals surface area contributed by atoms with Crippen molar-refractivity contribution >= 4 is 33.2 Å². The van der Waals surface area contributed by atoms with Gasteiger partial charge in [0.2, 0.25) is 5.91 Å². The fourth-order valence-corrected chi connectivity index (χ4v) is 2.20. The van der Waals surface area contributed by atoms with Gasteiger partial charge in [0.15, 0.2) is 0 Å². The lowest BCUT2D eigenvalue weighted by molar-refractivity contribution is -0.122. The van der Waals surface area contributed by atoms with Crippen molar-refractivity contribution in [1.29, 1.82) is 0 Å². The maximum absolute atomic E-state index is 11.1. The number of carbonyl (C=O) groups excluding carboxylic acids is 1. The largest absolute Gasteiger partial charge is 0.350 e. The van der Waals surface area contributed by atoms with Gasteiger partial charge >= 0.3 is 0 Å². The van der Waals surface area contributed by atoms with Gasteiger partial charge in [0.05, 0.1) is 16.4 Å². The van der Waals surface area contributed by atoms with Gasteiger partial charge in [0.1, 0.15) is 0 Å². The number of halogens is 1. The van der Waals surface area contributed by atoms with Crippen molar-refractivity contribution < 1.29 is 4.79 Å². The summed E-state index contributed by atoms with van der Waals surface area (Å²) in [5.74, 6) is -0.121. The highest BCUT2D eigenvalue weighted by atomic mass is 79.9. The molecule has 0 bridgehead atoms. The molecule has 1 aromatic heterocycles. The lowest BCUT2D eigenvalue weighted by atomic mass is 10.3. The molecule has 0 saturated carbocycles. The Morgan fingerprint density at radius 1 is 1.77 bits per heavy atom. The molecule has 0 spiro atoms. The van der Waals surface area contributed by atoms with Crippen molar-refractivity contribution in [2.75, 3.05) is 0 Å². The number of nitrogens with one attached hydrogen (secondary N) is 1. The first kappa shape index (κ1) is 10.7. The maximum atomic E-state index is 11.1. The Bertz CT molecular complexity index is 298. The molecule has 13 heavy (non-hydrogen) atoms. The lowest BCUT2D eigenvalue weighted by Crippen LogP contribution is -2.37. The van der Waals surface area contributed by atoms with Crippen molar-refractivity contribution in [3.8, 4) is 0 Å². The van der Waals surface area contributed by atoms with E-state index in [0.29, 0.717) is 6.54 Å². The molecule has 0 aliphatic rings. The van der Waals surface area contributed by atoms with E-state index in [9.17, 15) is 4.79 Å². The summed E-state index contributed by atoms with van der Waals surface area (Å²) >= 11 is 4.95. The second kappa shape index (κ2) is 4.74. The zero-order valence-corrected chi connectivity index (χ0v) is 9.61. The van der Waals surface area contributed by atoms with Crippen molar-refractivity contribution in [1.82, 2.24) is 5.32 Å². The molecule has 1 unspecified atom stereocenters. The van der Waals surface area contributed by atoms with Crippen LogP contribution >= 0.6 is 27.3 Å². The SMILES string of the molecule is CC(N)C(=O)NCc1ccc(Br)s1. The number of rotatable bonds is 3. The molecule has 1 heterocycles. The van der Waals surface area contributed by atoms with E-state index in [2.05, 4.69) is 21.2 Å². The Labute approximate surface area is 89.5 Å². The molecular formula is C8H11BrN2OS. The average Bonchev–Trinajstić information content (AvgIpc) is 2.47. The molecule has 0 radical (unpaired) electrons. The van der Waals surface area contributed by atoms with Crippen molar-refractivity contribution in [3.05, 3.63) is 20.8 Å². The molecule has 1 rings (SSSR count). The van der Waals surface area contributed by atoms with Crippen molar-refractivity contribution in [2.24, 2.45) is 5.73 Å². The number of nitrogens with two attached hydrogens (primary N) is 1. The van der Waals surface area contributed by atoms with Gasteiger partial charge < -0.3 is 11.1 Å². The Morgan fingerprint density at radius 3 is 2.92 bits per heavy atom. The van der Waals surface area contributed by atoms with Crippen LogP contribution in [0.5, 0.6) is 0 Å². The van der Waals surface area contributed by atoms with Gasteiger partial charge in [-0.15, -0.1) is 11.3 Å². The monoisotopic (exact) mass is 262 g/mol. The molecule has 1 aromatic rings. The van der Waals surface area contributed by atoms with Crippen LogP contribution < -0.4 is 11.1 Å².